The molecule has 0 saturated heterocycles. The van der Waals surface area contributed by atoms with Gasteiger partial charge in [-0.1, -0.05) is 0 Å². The van der Waals surface area contributed by atoms with Crippen molar-refractivity contribution in [1.82, 2.24) is 0 Å². The Kier molecular flexibility index (Phi) is 14600. The fourth-order valence-corrected chi connectivity index (χ4v) is 0. The molecule has 0 fully saturated rings. The summed E-state index contributed by atoms with van der Waals surface area (Å²) in [6.45, 7) is 23.8. The Hall–Kier alpha value is 0.969. The summed E-state index contributed by atoms with van der Waals surface area (Å²) in [4.78, 5) is 0. The van der Waals surface area contributed by atoms with E-state index in [1.165, 1.54) is 0 Å². The summed E-state index contributed by atoms with van der Waals surface area (Å²) in [6.07, 6.45) is 0. The van der Waals surface area contributed by atoms with Crippen molar-refractivity contribution in [2.45, 2.75) is 0 Å². The van der Waals surface area contributed by atoms with Gasteiger partial charge in [-0.15, -0.1) is 0 Å². The molecule has 0 bridgehead atoms. The fourth-order valence-electron chi connectivity index (χ4n) is 0. The topological polar surface area (TPSA) is 119 Å². The molecule has 0 aromatic heterocycles. The standard InChI is InChI=1S/5CN.Fe.3Na/c5*1-2;;;;/q5*-1;+2;3*+1. The van der Waals surface area contributed by atoms with Crippen LogP contribution >= 0.6 is 0 Å². The molecular formula is C5FeN5Na3. The number of hydrogen-bond acceptors (Lipinski definition) is 5. The van der Waals surface area contributed by atoms with Gasteiger partial charge in [0.25, 0.3) is 0 Å². The smallest absolute Gasteiger partial charge is 0.512 e. The monoisotopic (exact) mass is 255 g/mol. The first kappa shape index (κ1) is 82.0. The van der Waals surface area contributed by atoms with Crippen LogP contribution in [0.3, 0.4) is 0 Å². The first-order valence-corrected chi connectivity index (χ1v) is 1.12. The third-order valence-electron chi connectivity index (χ3n) is 0. The second kappa shape index (κ2) is 2500. The van der Waals surface area contributed by atoms with E-state index in [4.69, 9.17) is 59.2 Å². The molecular weight excluding hydrogens is 255 g/mol. The predicted molar refractivity (Wildman–Crippen MR) is 24.8 cm³/mol. The van der Waals surface area contributed by atoms with E-state index in [0.717, 1.165) is 0 Å². The van der Waals surface area contributed by atoms with E-state index in [-0.39, 0.29) is 106 Å². The van der Waals surface area contributed by atoms with Gasteiger partial charge in [0.1, 0.15) is 0 Å². The molecule has 0 aliphatic rings. The van der Waals surface area contributed by atoms with Crippen LogP contribution in [-0.4, -0.2) is 0 Å². The van der Waals surface area contributed by atoms with Crippen molar-refractivity contribution in [2.75, 3.05) is 0 Å². The molecule has 5 nitrogen and oxygen atoms in total. The van der Waals surface area contributed by atoms with Crippen LogP contribution in [0.15, 0.2) is 0 Å². The molecule has 0 N–H and O–H groups in total. The minimum absolute atomic E-state index is 0. The van der Waals surface area contributed by atoms with Gasteiger partial charge in [-0.3, -0.25) is 0 Å². The maximum atomic E-state index is 6.25. The summed E-state index contributed by atoms with van der Waals surface area (Å²) in [7, 11) is 0. The van der Waals surface area contributed by atoms with Crippen molar-refractivity contribution in [3.63, 3.8) is 0 Å². The molecule has 0 unspecified atom stereocenters. The van der Waals surface area contributed by atoms with Crippen molar-refractivity contribution >= 4 is 0 Å². The normalized spacial score (nSPS) is 0.714. The molecule has 14 heavy (non-hydrogen) atoms. The summed E-state index contributed by atoms with van der Waals surface area (Å²) in [5.41, 5.74) is 0. The Morgan fingerprint density at radius 3 is 0.357 bits per heavy atom. The third kappa shape index (κ3) is 1980. The van der Waals surface area contributed by atoms with Crippen molar-refractivity contribution < 1.29 is 106 Å². The van der Waals surface area contributed by atoms with Crippen LogP contribution in [0.2, 0.25) is 0 Å². The minimum Gasteiger partial charge on any atom is -0.512 e. The van der Waals surface area contributed by atoms with E-state index < -0.39 is 0 Å². The molecule has 0 saturated carbocycles. The van der Waals surface area contributed by atoms with Crippen LogP contribution in [0.5, 0.6) is 0 Å². The van der Waals surface area contributed by atoms with Gasteiger partial charge < -0.3 is 59.2 Å². The van der Waals surface area contributed by atoms with Crippen LogP contribution in [-0.2, 0) is 17.1 Å². The molecule has 0 aromatic carbocycles. The van der Waals surface area contributed by atoms with Gasteiger partial charge in [-0.25, -0.2) is 0 Å². The van der Waals surface area contributed by atoms with Crippen LogP contribution in [0.25, 0.3) is 0 Å². The molecule has 0 radical (unpaired) electrons. The molecule has 0 rings (SSSR count). The molecule has 56 valence electrons. The van der Waals surface area contributed by atoms with Gasteiger partial charge >= 0.3 is 106 Å². The fraction of sp³-hybridized carbons (Fsp3) is 0. The Morgan fingerprint density at radius 1 is 0.357 bits per heavy atom. The zero-order valence-corrected chi connectivity index (χ0v) is 15.2. The molecule has 0 atom stereocenters. The molecule has 0 spiro atoms. The summed E-state index contributed by atoms with van der Waals surface area (Å²) < 4.78 is 0. The summed E-state index contributed by atoms with van der Waals surface area (Å²) in [5.74, 6) is 0. The number of hydrogen-bond donors (Lipinski definition) is 0. The largest absolute Gasteiger partial charge is 2.00 e. The molecule has 0 amide bonds. The van der Waals surface area contributed by atoms with Crippen LogP contribution in [0, 0.1) is 59.2 Å². The Bertz CT molecular complexity index is 83.9. The van der Waals surface area contributed by atoms with Gasteiger partial charge in [0.2, 0.25) is 0 Å². The van der Waals surface area contributed by atoms with E-state index >= 15 is 0 Å². The van der Waals surface area contributed by atoms with Crippen molar-refractivity contribution in [3.05, 3.63) is 32.9 Å². The second-order valence-corrected chi connectivity index (χ2v) is 0. The zero-order valence-electron chi connectivity index (χ0n) is 8.09. The van der Waals surface area contributed by atoms with E-state index in [9.17, 15) is 0 Å². The molecule has 0 aromatic rings. The van der Waals surface area contributed by atoms with Gasteiger partial charge in [-0.05, 0) is 0 Å². The van der Waals surface area contributed by atoms with E-state index in [2.05, 4.69) is 0 Å². The molecule has 0 heterocycles. The molecule has 0 aliphatic heterocycles. The number of nitrogens with zero attached hydrogens (tertiary/aromatic N) is 5. The van der Waals surface area contributed by atoms with Crippen molar-refractivity contribution in [2.24, 2.45) is 0 Å². The van der Waals surface area contributed by atoms with E-state index in [1.54, 1.807) is 0 Å². The van der Waals surface area contributed by atoms with Crippen molar-refractivity contribution in [3.8, 4) is 0 Å². The predicted octanol–water partition coefficient (Wildman–Crippen LogP) is -8.51. The number of rotatable bonds is 0. The van der Waals surface area contributed by atoms with Crippen molar-refractivity contribution in [1.29, 1.82) is 26.3 Å². The first-order chi connectivity index (χ1) is 5.00. The van der Waals surface area contributed by atoms with E-state index in [0.29, 0.717) is 0 Å². The molecule has 9 heteroatoms. The Morgan fingerprint density at radius 2 is 0.357 bits per heavy atom. The van der Waals surface area contributed by atoms with Gasteiger partial charge in [0.15, 0.2) is 0 Å². The van der Waals surface area contributed by atoms with E-state index in [1.807, 2.05) is 0 Å². The summed E-state index contributed by atoms with van der Waals surface area (Å²) in [5, 5.41) is 31.2. The summed E-state index contributed by atoms with van der Waals surface area (Å²) >= 11 is 0. The first-order valence-electron chi connectivity index (χ1n) is 1.12. The van der Waals surface area contributed by atoms with Crippen LogP contribution < -0.4 is 88.7 Å². The second-order valence-electron chi connectivity index (χ2n) is 0. The average molecular weight is 255 g/mol. The van der Waals surface area contributed by atoms with Gasteiger partial charge in [0, 0.05) is 0 Å². The maximum absolute atomic E-state index is 6.25. The van der Waals surface area contributed by atoms with Crippen LogP contribution in [0.1, 0.15) is 0 Å². The van der Waals surface area contributed by atoms with Crippen LogP contribution in [0.4, 0.5) is 0 Å². The van der Waals surface area contributed by atoms with Gasteiger partial charge in [-0.2, -0.15) is 0 Å². The summed E-state index contributed by atoms with van der Waals surface area (Å²) in [6, 6.07) is 0. The SMILES string of the molecule is [C-]#N.[C-]#N.[C-]#N.[C-]#N.[C-]#N.[Fe+2].[Na+].[Na+].[Na+]. The zero-order chi connectivity index (χ0) is 10.0. The average Bonchev–Trinajstić information content (AvgIpc) is 2.20. The minimum atomic E-state index is 0. The van der Waals surface area contributed by atoms with Gasteiger partial charge in [0.05, 0.1) is 0 Å². The Labute approximate surface area is 162 Å². The third-order valence-corrected chi connectivity index (χ3v) is 0. The Balaban J connectivity index is -0.00000000298. The molecule has 0 aliphatic carbocycles. The maximum Gasteiger partial charge on any atom is 2.00 e. The quantitative estimate of drug-likeness (QED) is 0.314.